The van der Waals surface area contributed by atoms with Gasteiger partial charge in [-0.05, 0) is 29.3 Å². The molecule has 0 fully saturated rings. The van der Waals surface area contributed by atoms with Gasteiger partial charge in [0.1, 0.15) is 17.9 Å². The fraction of sp³-hybridized carbons (Fsp3) is 0.250. The Balaban J connectivity index is 2.18. The molecule has 0 bridgehead atoms. The van der Waals surface area contributed by atoms with Crippen LogP contribution in [-0.4, -0.2) is 35.0 Å². The lowest BCUT2D eigenvalue weighted by Gasteiger charge is -2.21. The van der Waals surface area contributed by atoms with Crippen LogP contribution in [0.4, 0.5) is 4.39 Å². The van der Waals surface area contributed by atoms with Crippen LogP contribution in [0.2, 0.25) is 10.0 Å². The van der Waals surface area contributed by atoms with Crippen LogP contribution >= 0.6 is 23.2 Å². The fourth-order valence-electron chi connectivity index (χ4n) is 2.72. The molecule has 2 amide bonds. The van der Waals surface area contributed by atoms with E-state index in [0.29, 0.717) is 10.6 Å². The van der Waals surface area contributed by atoms with E-state index in [9.17, 15) is 23.9 Å². The molecule has 0 saturated carbocycles. The topological polar surface area (TPSA) is 95.5 Å². The summed E-state index contributed by atoms with van der Waals surface area (Å²) in [7, 11) is 0. The van der Waals surface area contributed by atoms with E-state index >= 15 is 0 Å². The summed E-state index contributed by atoms with van der Waals surface area (Å²) in [6.45, 7) is 1.21. The molecule has 0 aromatic heterocycles. The number of nitrogens with one attached hydrogen (secondary N) is 2. The molecule has 0 saturated heterocycles. The van der Waals surface area contributed by atoms with Crippen molar-refractivity contribution in [3.05, 3.63) is 69.5 Å². The molecule has 0 heterocycles. The van der Waals surface area contributed by atoms with Gasteiger partial charge in [0.25, 0.3) is 0 Å². The van der Waals surface area contributed by atoms with Gasteiger partial charge in [-0.15, -0.1) is 0 Å². The van der Waals surface area contributed by atoms with E-state index in [0.717, 1.165) is 0 Å². The molecular formula is C20H19Cl2FN2O4. The molecule has 0 aliphatic rings. The van der Waals surface area contributed by atoms with Crippen LogP contribution in [0.3, 0.4) is 0 Å². The van der Waals surface area contributed by atoms with E-state index in [1.807, 2.05) is 0 Å². The van der Waals surface area contributed by atoms with Gasteiger partial charge in [-0.1, -0.05) is 47.5 Å². The van der Waals surface area contributed by atoms with Gasteiger partial charge in [0, 0.05) is 29.8 Å². The van der Waals surface area contributed by atoms with Crippen molar-refractivity contribution >= 4 is 41.0 Å². The molecule has 0 radical (unpaired) electrons. The smallest absolute Gasteiger partial charge is 0.326 e. The summed E-state index contributed by atoms with van der Waals surface area (Å²) in [5, 5.41) is 15.0. The Morgan fingerprint density at radius 1 is 1.00 bits per heavy atom. The predicted molar refractivity (Wildman–Crippen MR) is 107 cm³/mol. The molecule has 0 spiro atoms. The zero-order chi connectivity index (χ0) is 21.6. The Labute approximate surface area is 177 Å². The highest BCUT2D eigenvalue weighted by atomic mass is 35.5. The van der Waals surface area contributed by atoms with Crippen LogP contribution in [0.1, 0.15) is 18.1 Å². The van der Waals surface area contributed by atoms with Gasteiger partial charge in [-0.3, -0.25) is 9.59 Å². The summed E-state index contributed by atoms with van der Waals surface area (Å²) in [5.41, 5.74) is 0.697. The van der Waals surface area contributed by atoms with E-state index in [4.69, 9.17) is 23.2 Å². The molecule has 154 valence electrons. The second-order valence-corrected chi connectivity index (χ2v) is 7.23. The minimum absolute atomic E-state index is 0.0937. The van der Waals surface area contributed by atoms with Crippen LogP contribution in [0.15, 0.2) is 42.5 Å². The van der Waals surface area contributed by atoms with Gasteiger partial charge >= 0.3 is 5.97 Å². The van der Waals surface area contributed by atoms with E-state index < -0.39 is 35.7 Å². The number of amides is 2. The van der Waals surface area contributed by atoms with Crippen molar-refractivity contribution in [1.29, 1.82) is 0 Å². The highest BCUT2D eigenvalue weighted by Crippen LogP contribution is 2.22. The molecule has 0 aliphatic heterocycles. The quantitative estimate of drug-likeness (QED) is 0.587. The maximum atomic E-state index is 13.9. The van der Waals surface area contributed by atoms with Crippen molar-refractivity contribution in [3.63, 3.8) is 0 Å². The van der Waals surface area contributed by atoms with E-state index in [1.54, 1.807) is 18.2 Å². The molecule has 6 nitrogen and oxygen atoms in total. The lowest BCUT2D eigenvalue weighted by Crippen LogP contribution is -2.52. The van der Waals surface area contributed by atoms with Crippen molar-refractivity contribution in [2.45, 2.75) is 31.8 Å². The van der Waals surface area contributed by atoms with Crippen LogP contribution in [0, 0.1) is 5.82 Å². The van der Waals surface area contributed by atoms with Gasteiger partial charge in [0.15, 0.2) is 0 Å². The minimum Gasteiger partial charge on any atom is -0.480 e. The third-order valence-electron chi connectivity index (χ3n) is 4.13. The third kappa shape index (κ3) is 6.73. The Bertz CT molecular complexity index is 923. The molecule has 3 N–H and O–H groups in total. The van der Waals surface area contributed by atoms with Gasteiger partial charge in [-0.2, -0.15) is 0 Å². The van der Waals surface area contributed by atoms with Gasteiger partial charge < -0.3 is 15.7 Å². The van der Waals surface area contributed by atoms with Gasteiger partial charge in [0.2, 0.25) is 11.8 Å². The summed E-state index contributed by atoms with van der Waals surface area (Å²) < 4.78 is 13.9. The predicted octanol–water partition coefficient (Wildman–Crippen LogP) is 2.99. The van der Waals surface area contributed by atoms with E-state index in [-0.39, 0.29) is 23.4 Å². The van der Waals surface area contributed by atoms with Crippen molar-refractivity contribution < 1.29 is 23.9 Å². The number of hydrogen-bond donors (Lipinski definition) is 3. The molecular weight excluding hydrogens is 422 g/mol. The average molecular weight is 441 g/mol. The normalized spacial score (nSPS) is 12.7. The standard InChI is InChI=1S/C20H19Cl2FN2O4/c1-11(26)24-17(9-13-4-2-3-5-16(13)23)19(27)25-18(20(28)29)8-12-6-7-14(21)10-15(12)22/h2-7,10,17-18H,8-9H2,1H3,(H,24,26)(H,25,27)(H,28,29)/t17-,18+/m1/s1. The number of carbonyl (C=O) groups is 3. The summed E-state index contributed by atoms with van der Waals surface area (Å²) in [4.78, 5) is 35.8. The first-order valence-corrected chi connectivity index (χ1v) is 9.40. The van der Waals surface area contributed by atoms with E-state index in [1.165, 1.54) is 31.2 Å². The second kappa shape index (κ2) is 10.2. The molecule has 0 unspecified atom stereocenters. The van der Waals surface area contributed by atoms with Crippen molar-refractivity contribution in [2.75, 3.05) is 0 Å². The van der Waals surface area contributed by atoms with Crippen molar-refractivity contribution in [2.24, 2.45) is 0 Å². The van der Waals surface area contributed by atoms with Crippen LogP contribution < -0.4 is 10.6 Å². The maximum absolute atomic E-state index is 13.9. The number of halogens is 3. The number of benzene rings is 2. The first-order valence-electron chi connectivity index (χ1n) is 8.65. The first-order chi connectivity index (χ1) is 13.7. The van der Waals surface area contributed by atoms with Gasteiger partial charge in [-0.25, -0.2) is 9.18 Å². The Hall–Kier alpha value is -2.64. The summed E-state index contributed by atoms with van der Waals surface area (Å²) in [6.07, 6.45) is -0.226. The number of carboxylic acid groups (broad SMARTS) is 1. The highest BCUT2D eigenvalue weighted by Gasteiger charge is 2.27. The molecule has 0 aliphatic carbocycles. The monoisotopic (exact) mass is 440 g/mol. The minimum atomic E-state index is -1.31. The summed E-state index contributed by atoms with van der Waals surface area (Å²) in [5.74, 6) is -3.06. The SMILES string of the molecule is CC(=O)N[C@H](Cc1ccccc1F)C(=O)N[C@@H](Cc1ccc(Cl)cc1Cl)C(=O)O. The molecule has 9 heteroatoms. The lowest BCUT2D eigenvalue weighted by atomic mass is 10.0. The first kappa shape index (κ1) is 22.6. The van der Waals surface area contributed by atoms with Crippen molar-refractivity contribution in [1.82, 2.24) is 10.6 Å². The lowest BCUT2D eigenvalue weighted by molar-refractivity contribution is -0.142. The fourth-order valence-corrected chi connectivity index (χ4v) is 3.20. The van der Waals surface area contributed by atoms with Crippen LogP contribution in [-0.2, 0) is 27.2 Å². The zero-order valence-electron chi connectivity index (χ0n) is 15.4. The zero-order valence-corrected chi connectivity index (χ0v) is 16.9. The Morgan fingerprint density at radius 3 is 2.24 bits per heavy atom. The molecule has 2 aromatic rings. The maximum Gasteiger partial charge on any atom is 0.326 e. The highest BCUT2D eigenvalue weighted by molar-refractivity contribution is 6.35. The second-order valence-electron chi connectivity index (χ2n) is 6.39. The third-order valence-corrected chi connectivity index (χ3v) is 4.72. The Kier molecular flexibility index (Phi) is 7.99. The number of rotatable bonds is 8. The number of carbonyl (C=O) groups excluding carboxylic acids is 2. The summed E-state index contributed by atoms with van der Waals surface area (Å²) in [6, 6.07) is 7.97. The van der Waals surface area contributed by atoms with Crippen LogP contribution in [0.25, 0.3) is 0 Å². The number of carboxylic acids is 1. The molecule has 29 heavy (non-hydrogen) atoms. The average Bonchev–Trinajstić information content (AvgIpc) is 2.63. The molecule has 2 rings (SSSR count). The van der Waals surface area contributed by atoms with E-state index in [2.05, 4.69) is 10.6 Å². The Morgan fingerprint density at radius 2 is 1.66 bits per heavy atom. The van der Waals surface area contributed by atoms with Crippen LogP contribution in [0.5, 0.6) is 0 Å². The van der Waals surface area contributed by atoms with Gasteiger partial charge in [0.05, 0.1) is 0 Å². The van der Waals surface area contributed by atoms with Crippen molar-refractivity contribution in [3.8, 4) is 0 Å². The largest absolute Gasteiger partial charge is 0.480 e. The molecule has 2 atom stereocenters. The molecule has 2 aromatic carbocycles. The number of hydrogen-bond acceptors (Lipinski definition) is 3. The summed E-state index contributed by atoms with van der Waals surface area (Å²) >= 11 is 11.9. The number of aliphatic carboxylic acids is 1.